The van der Waals surface area contributed by atoms with Crippen LogP contribution in [0.2, 0.25) is 0 Å². The van der Waals surface area contributed by atoms with Crippen molar-refractivity contribution in [1.29, 1.82) is 0 Å². The molecule has 160 valence electrons. The van der Waals surface area contributed by atoms with Gasteiger partial charge in [0.05, 0.1) is 28.4 Å². The number of ether oxygens (including phenoxy) is 5. The minimum absolute atomic E-state index is 0.0536. The van der Waals surface area contributed by atoms with E-state index in [4.69, 9.17) is 23.7 Å². The highest BCUT2D eigenvalue weighted by molar-refractivity contribution is 6.02. The molecule has 0 radical (unpaired) electrons. The van der Waals surface area contributed by atoms with Gasteiger partial charge >= 0.3 is 5.97 Å². The normalized spacial score (nSPS) is 10.0. The minimum Gasteiger partial charge on any atom is -0.493 e. The van der Waals surface area contributed by atoms with Gasteiger partial charge in [0.1, 0.15) is 5.56 Å². The number of esters is 1. The molecule has 0 fully saturated rings. The van der Waals surface area contributed by atoms with Crippen LogP contribution in [0, 0.1) is 0 Å². The molecule has 0 saturated carbocycles. The molecule has 1 amide bonds. The van der Waals surface area contributed by atoms with Crippen molar-refractivity contribution in [1.82, 2.24) is 5.32 Å². The summed E-state index contributed by atoms with van der Waals surface area (Å²) in [5.41, 5.74) is 0.716. The van der Waals surface area contributed by atoms with Gasteiger partial charge in [0.25, 0.3) is 5.91 Å². The summed E-state index contributed by atoms with van der Waals surface area (Å²) in [5.74, 6) is 0.00877. The minimum atomic E-state index is -0.880. The second-order valence-corrected chi connectivity index (χ2v) is 5.93. The number of methoxy groups -OCH3 is 4. The van der Waals surface area contributed by atoms with Gasteiger partial charge in [-0.3, -0.25) is 9.59 Å². The molecule has 0 aliphatic heterocycles. The maximum absolute atomic E-state index is 12.5. The van der Waals surface area contributed by atoms with Crippen LogP contribution in [0.15, 0.2) is 30.3 Å². The van der Waals surface area contributed by atoms with E-state index in [1.165, 1.54) is 40.6 Å². The van der Waals surface area contributed by atoms with Crippen molar-refractivity contribution in [2.45, 2.75) is 6.54 Å². The molecular formula is C21H23NO8. The quantitative estimate of drug-likeness (QED) is 0.462. The van der Waals surface area contributed by atoms with Gasteiger partial charge < -0.3 is 29.0 Å². The first-order chi connectivity index (χ1) is 14.5. The van der Waals surface area contributed by atoms with Crippen molar-refractivity contribution >= 4 is 18.2 Å². The van der Waals surface area contributed by atoms with Crippen LogP contribution in [0.3, 0.4) is 0 Å². The Labute approximate surface area is 173 Å². The van der Waals surface area contributed by atoms with Crippen LogP contribution in [0.5, 0.6) is 23.0 Å². The number of amides is 1. The number of carbonyl (C=O) groups is 3. The van der Waals surface area contributed by atoms with Crippen molar-refractivity contribution in [2.75, 3.05) is 35.0 Å². The molecule has 9 nitrogen and oxygen atoms in total. The zero-order chi connectivity index (χ0) is 22.1. The van der Waals surface area contributed by atoms with Gasteiger partial charge in [0.15, 0.2) is 35.9 Å². The molecule has 30 heavy (non-hydrogen) atoms. The molecule has 1 N–H and O–H groups in total. The van der Waals surface area contributed by atoms with Crippen LogP contribution >= 0.6 is 0 Å². The largest absolute Gasteiger partial charge is 0.493 e. The molecule has 0 heterocycles. The highest BCUT2D eigenvalue weighted by Gasteiger charge is 2.23. The fourth-order valence-corrected chi connectivity index (χ4v) is 2.70. The van der Waals surface area contributed by atoms with Crippen LogP contribution < -0.4 is 24.3 Å². The van der Waals surface area contributed by atoms with E-state index in [0.29, 0.717) is 17.8 Å². The lowest BCUT2D eigenvalue weighted by Gasteiger charge is -2.14. The van der Waals surface area contributed by atoms with Crippen LogP contribution in [0.4, 0.5) is 0 Å². The lowest BCUT2D eigenvalue weighted by atomic mass is 10.1. The van der Waals surface area contributed by atoms with E-state index in [2.05, 4.69) is 5.32 Å². The number of nitrogens with one attached hydrogen (secondary N) is 1. The van der Waals surface area contributed by atoms with E-state index in [-0.39, 0.29) is 29.2 Å². The highest BCUT2D eigenvalue weighted by atomic mass is 16.5. The van der Waals surface area contributed by atoms with E-state index < -0.39 is 18.5 Å². The molecule has 0 bridgehead atoms. The van der Waals surface area contributed by atoms with Crippen LogP contribution in [0.1, 0.15) is 26.3 Å². The zero-order valence-corrected chi connectivity index (χ0v) is 17.1. The standard InChI is InChI=1S/C21H23NO8/c1-26-15-7-5-13(9-17(15)28-3)10-22-18(24)12-30-21(25)19-14(11-23)6-8-16(27-2)20(19)29-4/h5-9,11H,10,12H2,1-4H3,(H,22,24). The summed E-state index contributed by atoms with van der Waals surface area (Å²) >= 11 is 0. The van der Waals surface area contributed by atoms with E-state index in [0.717, 1.165) is 5.56 Å². The first-order valence-electron chi connectivity index (χ1n) is 8.83. The smallest absolute Gasteiger partial charge is 0.343 e. The summed E-state index contributed by atoms with van der Waals surface area (Å²) < 4.78 is 25.7. The summed E-state index contributed by atoms with van der Waals surface area (Å²) in [7, 11) is 5.77. The van der Waals surface area contributed by atoms with Gasteiger partial charge in [-0.05, 0) is 29.8 Å². The number of rotatable bonds is 10. The summed E-state index contributed by atoms with van der Waals surface area (Å²) in [6.07, 6.45) is 0.496. The number of hydrogen-bond acceptors (Lipinski definition) is 8. The topological polar surface area (TPSA) is 109 Å². The Morgan fingerprint density at radius 1 is 0.900 bits per heavy atom. The molecule has 2 aromatic carbocycles. The lowest BCUT2D eigenvalue weighted by molar-refractivity contribution is -0.124. The number of carbonyl (C=O) groups excluding carboxylic acids is 3. The van der Waals surface area contributed by atoms with Crippen LogP contribution in [0.25, 0.3) is 0 Å². The molecule has 2 rings (SSSR count). The molecule has 0 saturated heterocycles. The first kappa shape index (κ1) is 22.5. The van der Waals surface area contributed by atoms with Gasteiger partial charge in [-0.25, -0.2) is 4.79 Å². The Balaban J connectivity index is 2.02. The van der Waals surface area contributed by atoms with E-state index in [1.807, 2.05) is 0 Å². The Morgan fingerprint density at radius 3 is 2.17 bits per heavy atom. The van der Waals surface area contributed by atoms with E-state index in [1.54, 1.807) is 18.2 Å². The molecule has 0 aliphatic carbocycles. The second kappa shape index (κ2) is 10.7. The van der Waals surface area contributed by atoms with Gasteiger partial charge in [0, 0.05) is 12.1 Å². The van der Waals surface area contributed by atoms with Crippen molar-refractivity contribution in [3.05, 3.63) is 47.0 Å². The third-order valence-electron chi connectivity index (χ3n) is 4.18. The number of benzene rings is 2. The molecule has 0 aromatic heterocycles. The van der Waals surface area contributed by atoms with Crippen molar-refractivity contribution < 1.29 is 38.1 Å². The van der Waals surface area contributed by atoms with E-state index in [9.17, 15) is 14.4 Å². The maximum atomic E-state index is 12.5. The lowest BCUT2D eigenvalue weighted by Crippen LogP contribution is -2.28. The number of aldehydes is 1. The second-order valence-electron chi connectivity index (χ2n) is 5.93. The fourth-order valence-electron chi connectivity index (χ4n) is 2.70. The third kappa shape index (κ3) is 5.19. The Kier molecular flexibility index (Phi) is 8.04. The third-order valence-corrected chi connectivity index (χ3v) is 4.18. The molecule has 9 heteroatoms. The molecule has 2 aromatic rings. The maximum Gasteiger partial charge on any atom is 0.343 e. The average Bonchev–Trinajstić information content (AvgIpc) is 2.79. The summed E-state index contributed by atoms with van der Waals surface area (Å²) in [6.45, 7) is -0.344. The zero-order valence-electron chi connectivity index (χ0n) is 17.1. The van der Waals surface area contributed by atoms with Gasteiger partial charge in [-0.15, -0.1) is 0 Å². The van der Waals surface area contributed by atoms with Crippen LogP contribution in [-0.2, 0) is 16.1 Å². The molecule has 0 atom stereocenters. The molecule has 0 spiro atoms. The first-order valence-corrected chi connectivity index (χ1v) is 8.83. The Bertz CT molecular complexity index is 925. The van der Waals surface area contributed by atoms with E-state index >= 15 is 0 Å². The molecular weight excluding hydrogens is 394 g/mol. The van der Waals surface area contributed by atoms with Gasteiger partial charge in [0.2, 0.25) is 0 Å². The molecule has 0 unspecified atom stereocenters. The van der Waals surface area contributed by atoms with Crippen molar-refractivity contribution in [3.8, 4) is 23.0 Å². The highest BCUT2D eigenvalue weighted by Crippen LogP contribution is 2.33. The van der Waals surface area contributed by atoms with Gasteiger partial charge in [-0.1, -0.05) is 6.07 Å². The molecule has 0 aliphatic rings. The van der Waals surface area contributed by atoms with Crippen LogP contribution in [-0.4, -0.2) is 53.2 Å². The predicted molar refractivity (Wildman–Crippen MR) is 107 cm³/mol. The van der Waals surface area contributed by atoms with Crippen molar-refractivity contribution in [3.63, 3.8) is 0 Å². The Morgan fingerprint density at radius 2 is 1.57 bits per heavy atom. The summed E-state index contributed by atoms with van der Waals surface area (Å²) in [4.78, 5) is 35.9. The summed E-state index contributed by atoms with van der Waals surface area (Å²) in [5, 5.41) is 2.64. The SMILES string of the molecule is COc1ccc(CNC(=O)COC(=O)c2c(C=O)ccc(OC)c2OC)cc1OC. The monoisotopic (exact) mass is 417 g/mol. The van der Waals surface area contributed by atoms with Gasteiger partial charge in [-0.2, -0.15) is 0 Å². The fraction of sp³-hybridized carbons (Fsp3) is 0.286. The number of hydrogen-bond donors (Lipinski definition) is 1. The summed E-state index contributed by atoms with van der Waals surface area (Å²) in [6, 6.07) is 8.11. The predicted octanol–water partition coefficient (Wildman–Crippen LogP) is 2.01. The van der Waals surface area contributed by atoms with Crippen molar-refractivity contribution in [2.24, 2.45) is 0 Å². The average molecular weight is 417 g/mol. The Hall–Kier alpha value is -3.75.